The second-order valence-corrected chi connectivity index (χ2v) is 5.26. The Morgan fingerprint density at radius 1 is 0.812 bits per heavy atom. The normalized spacial score (nSPS) is 13.8. The van der Waals surface area contributed by atoms with Crippen molar-refractivity contribution in [3.63, 3.8) is 0 Å². The van der Waals surface area contributed by atoms with Crippen LogP contribution in [-0.4, -0.2) is 0 Å². The monoisotopic (exact) mass is 272 g/mol. The van der Waals surface area contributed by atoms with Gasteiger partial charge in [0.15, 0.2) is 0 Å². The summed E-state index contributed by atoms with van der Waals surface area (Å²) in [6.45, 7) is 0. The van der Waals surface area contributed by atoms with Gasteiger partial charge in [0.25, 0.3) is 0 Å². The van der Waals surface area contributed by atoms with Crippen LogP contribution in [0.25, 0.3) is 11.1 Å². The van der Waals surface area contributed by atoms with Gasteiger partial charge in [0.1, 0.15) is 0 Å². The molecule has 0 N–H and O–H groups in total. The first-order valence-corrected chi connectivity index (χ1v) is 6.50. The predicted octanol–water partition coefficient (Wildman–Crippen LogP) is 4.60. The second-order valence-electron chi connectivity index (χ2n) is 4.35. The van der Waals surface area contributed by atoms with Crippen LogP contribution in [-0.2, 0) is 12.8 Å². The highest BCUT2D eigenvalue weighted by atomic mass is 79.9. The molecule has 0 unspecified atom stereocenters. The van der Waals surface area contributed by atoms with Crippen LogP contribution in [0.4, 0.5) is 0 Å². The van der Waals surface area contributed by atoms with Crippen LogP contribution in [0.5, 0.6) is 0 Å². The number of fused-ring (bicyclic) bond motifs is 1. The van der Waals surface area contributed by atoms with Gasteiger partial charge in [-0.25, -0.2) is 0 Å². The van der Waals surface area contributed by atoms with Gasteiger partial charge >= 0.3 is 0 Å². The molecule has 0 saturated heterocycles. The molecule has 0 amide bonds. The number of hydrogen-bond donors (Lipinski definition) is 0. The van der Waals surface area contributed by atoms with E-state index >= 15 is 0 Å². The van der Waals surface area contributed by atoms with Gasteiger partial charge < -0.3 is 0 Å². The summed E-state index contributed by atoms with van der Waals surface area (Å²) in [4.78, 5) is 0. The van der Waals surface area contributed by atoms with Crippen molar-refractivity contribution in [3.8, 4) is 11.1 Å². The van der Waals surface area contributed by atoms with Crippen molar-refractivity contribution in [3.05, 3.63) is 58.1 Å². The van der Waals surface area contributed by atoms with Crippen molar-refractivity contribution in [1.82, 2.24) is 0 Å². The van der Waals surface area contributed by atoms with E-state index in [2.05, 4.69) is 58.4 Å². The van der Waals surface area contributed by atoms with Crippen LogP contribution in [0.1, 0.15) is 17.5 Å². The molecular weight excluding hydrogens is 260 g/mol. The van der Waals surface area contributed by atoms with Gasteiger partial charge in [0.2, 0.25) is 0 Å². The Kier molecular flexibility index (Phi) is 2.56. The molecule has 0 saturated carbocycles. The van der Waals surface area contributed by atoms with Crippen molar-refractivity contribution in [2.75, 3.05) is 0 Å². The maximum Gasteiger partial charge on any atom is 0.0181 e. The first-order chi connectivity index (χ1) is 7.83. The summed E-state index contributed by atoms with van der Waals surface area (Å²) in [6, 6.07) is 15.4. The zero-order chi connectivity index (χ0) is 11.0. The Morgan fingerprint density at radius 3 is 2.50 bits per heavy atom. The average Bonchev–Trinajstić information content (AvgIpc) is 2.75. The summed E-state index contributed by atoms with van der Waals surface area (Å²) in [5, 5.41) is 0. The molecule has 0 spiro atoms. The summed E-state index contributed by atoms with van der Waals surface area (Å²) in [5.41, 5.74) is 5.71. The molecule has 16 heavy (non-hydrogen) atoms. The van der Waals surface area contributed by atoms with Gasteiger partial charge in [0, 0.05) is 4.47 Å². The van der Waals surface area contributed by atoms with Crippen molar-refractivity contribution in [2.45, 2.75) is 19.3 Å². The summed E-state index contributed by atoms with van der Waals surface area (Å²) < 4.78 is 1.14. The van der Waals surface area contributed by atoms with Gasteiger partial charge in [-0.1, -0.05) is 46.3 Å². The molecule has 1 aliphatic carbocycles. The zero-order valence-electron chi connectivity index (χ0n) is 9.04. The van der Waals surface area contributed by atoms with Crippen LogP contribution in [0.15, 0.2) is 46.9 Å². The summed E-state index contributed by atoms with van der Waals surface area (Å²) in [7, 11) is 0. The highest BCUT2D eigenvalue weighted by Crippen LogP contribution is 2.29. The van der Waals surface area contributed by atoms with E-state index in [1.807, 2.05) is 0 Å². The van der Waals surface area contributed by atoms with E-state index in [9.17, 15) is 0 Å². The van der Waals surface area contributed by atoms with Gasteiger partial charge in [0.05, 0.1) is 0 Å². The van der Waals surface area contributed by atoms with Gasteiger partial charge in [-0.3, -0.25) is 0 Å². The fourth-order valence-electron chi connectivity index (χ4n) is 2.42. The van der Waals surface area contributed by atoms with Crippen LogP contribution in [0.2, 0.25) is 0 Å². The summed E-state index contributed by atoms with van der Waals surface area (Å²) in [6.07, 6.45) is 3.82. The largest absolute Gasteiger partial charge is 0.0605 e. The third-order valence-corrected chi connectivity index (χ3v) is 3.75. The maximum atomic E-state index is 3.52. The maximum absolute atomic E-state index is 3.52. The van der Waals surface area contributed by atoms with Crippen molar-refractivity contribution in [1.29, 1.82) is 0 Å². The van der Waals surface area contributed by atoms with E-state index < -0.39 is 0 Å². The standard InChI is InChI=1S/C15H13Br/c16-15-6-2-5-13(10-15)14-8-7-11-3-1-4-12(11)9-14/h2,5-10H,1,3-4H2. The smallest absolute Gasteiger partial charge is 0.0181 e. The molecule has 2 aromatic carbocycles. The molecule has 1 aliphatic rings. The van der Waals surface area contributed by atoms with Crippen molar-refractivity contribution >= 4 is 15.9 Å². The Bertz CT molecular complexity index is 529. The number of hydrogen-bond acceptors (Lipinski definition) is 0. The Balaban J connectivity index is 2.07. The summed E-state index contributed by atoms with van der Waals surface area (Å²) in [5.74, 6) is 0. The van der Waals surface area contributed by atoms with Crippen LogP contribution in [0, 0.1) is 0 Å². The van der Waals surface area contributed by atoms with Crippen LogP contribution < -0.4 is 0 Å². The Morgan fingerprint density at radius 2 is 1.62 bits per heavy atom. The van der Waals surface area contributed by atoms with E-state index in [4.69, 9.17) is 0 Å². The van der Waals surface area contributed by atoms with Crippen LogP contribution in [0.3, 0.4) is 0 Å². The zero-order valence-corrected chi connectivity index (χ0v) is 10.6. The molecule has 0 radical (unpaired) electrons. The lowest BCUT2D eigenvalue weighted by atomic mass is 10.0. The SMILES string of the molecule is Brc1cccc(-c2ccc3c(c2)CCC3)c1. The molecule has 0 bridgehead atoms. The average molecular weight is 273 g/mol. The Labute approximate surface area is 104 Å². The lowest BCUT2D eigenvalue weighted by Crippen LogP contribution is -1.84. The van der Waals surface area contributed by atoms with Crippen molar-refractivity contribution < 1.29 is 0 Å². The molecule has 3 rings (SSSR count). The van der Waals surface area contributed by atoms with E-state index in [1.165, 1.54) is 36.0 Å². The minimum Gasteiger partial charge on any atom is -0.0605 e. The molecule has 80 valence electrons. The van der Waals surface area contributed by atoms with E-state index in [-0.39, 0.29) is 0 Å². The van der Waals surface area contributed by atoms with Gasteiger partial charge in [-0.05, 0) is 53.6 Å². The first-order valence-electron chi connectivity index (χ1n) is 5.71. The van der Waals surface area contributed by atoms with Gasteiger partial charge in [-0.15, -0.1) is 0 Å². The minimum absolute atomic E-state index is 1.14. The number of benzene rings is 2. The molecule has 0 aliphatic heterocycles. The first kappa shape index (κ1) is 10.1. The fraction of sp³-hybridized carbons (Fsp3) is 0.200. The van der Waals surface area contributed by atoms with E-state index in [0.717, 1.165) is 4.47 Å². The lowest BCUT2D eigenvalue weighted by Gasteiger charge is -2.05. The predicted molar refractivity (Wildman–Crippen MR) is 71.6 cm³/mol. The molecule has 0 fully saturated rings. The molecule has 2 aromatic rings. The molecule has 1 heteroatoms. The lowest BCUT2D eigenvalue weighted by molar-refractivity contribution is 0.912. The Hall–Kier alpha value is -1.08. The van der Waals surface area contributed by atoms with E-state index in [0.29, 0.717) is 0 Å². The van der Waals surface area contributed by atoms with Crippen LogP contribution >= 0.6 is 15.9 Å². The number of halogens is 1. The van der Waals surface area contributed by atoms with Crippen molar-refractivity contribution in [2.24, 2.45) is 0 Å². The van der Waals surface area contributed by atoms with E-state index in [1.54, 1.807) is 5.56 Å². The number of aryl methyl sites for hydroxylation is 2. The second kappa shape index (κ2) is 4.06. The highest BCUT2D eigenvalue weighted by molar-refractivity contribution is 9.10. The molecule has 0 heterocycles. The molecular formula is C15H13Br. The highest BCUT2D eigenvalue weighted by Gasteiger charge is 2.11. The quantitative estimate of drug-likeness (QED) is 0.712. The third kappa shape index (κ3) is 1.80. The summed E-state index contributed by atoms with van der Waals surface area (Å²) >= 11 is 3.52. The topological polar surface area (TPSA) is 0 Å². The van der Waals surface area contributed by atoms with Gasteiger partial charge in [-0.2, -0.15) is 0 Å². The minimum atomic E-state index is 1.14. The molecule has 0 nitrogen and oxygen atoms in total. The molecule has 0 atom stereocenters. The molecule has 0 aromatic heterocycles. The third-order valence-electron chi connectivity index (χ3n) is 3.26. The fourth-order valence-corrected chi connectivity index (χ4v) is 2.82. The number of rotatable bonds is 1.